The Balaban J connectivity index is 2.07. The normalized spacial score (nSPS) is 11.0. The minimum Gasteiger partial charge on any atom is -0.490 e. The van der Waals surface area contributed by atoms with Crippen molar-refractivity contribution in [3.63, 3.8) is 0 Å². The number of hydrazone groups is 1. The number of hydrogen-bond acceptors (Lipinski definition) is 7. The molecule has 0 unspecified atom stereocenters. The second-order valence-corrected chi connectivity index (χ2v) is 6.25. The Bertz CT molecular complexity index is 1010. The van der Waals surface area contributed by atoms with Crippen LogP contribution in [0.1, 0.15) is 26.3 Å². The van der Waals surface area contributed by atoms with Crippen LogP contribution < -0.4 is 19.6 Å². The van der Waals surface area contributed by atoms with Crippen LogP contribution in [0.2, 0.25) is 5.02 Å². The average molecular weight is 415 g/mol. The topological polar surface area (TPSA) is 77.9 Å². The van der Waals surface area contributed by atoms with Gasteiger partial charge >= 0.3 is 0 Å². The minimum absolute atomic E-state index is 0.446. The zero-order valence-electron chi connectivity index (χ0n) is 16.6. The van der Waals surface area contributed by atoms with E-state index in [4.69, 9.17) is 25.8 Å². The second-order valence-electron chi connectivity index (χ2n) is 5.84. The number of nitrogens with zero attached hydrogens (tertiary/aromatic N) is 3. The number of aromatic nitrogens is 2. The van der Waals surface area contributed by atoms with Gasteiger partial charge in [-0.25, -0.2) is 9.97 Å². The zero-order chi connectivity index (χ0) is 20.6. The Kier molecular flexibility index (Phi) is 7.08. The Hall–Kier alpha value is -3.06. The highest BCUT2D eigenvalue weighted by Gasteiger charge is 2.21. The molecule has 3 aromatic rings. The van der Waals surface area contributed by atoms with Gasteiger partial charge in [-0.3, -0.25) is 5.43 Å². The van der Waals surface area contributed by atoms with Gasteiger partial charge in [0.1, 0.15) is 6.33 Å². The molecule has 0 atom stereocenters. The molecule has 1 heterocycles. The van der Waals surface area contributed by atoms with Gasteiger partial charge in [-0.15, -0.1) is 0 Å². The molecule has 0 amide bonds. The molecule has 1 N–H and O–H groups in total. The fourth-order valence-electron chi connectivity index (χ4n) is 2.80. The molecule has 0 saturated heterocycles. The van der Waals surface area contributed by atoms with Crippen molar-refractivity contribution in [2.24, 2.45) is 5.10 Å². The van der Waals surface area contributed by atoms with E-state index in [-0.39, 0.29) is 0 Å². The van der Waals surface area contributed by atoms with Crippen LogP contribution in [-0.2, 0) is 0 Å². The van der Waals surface area contributed by atoms with Crippen molar-refractivity contribution in [2.75, 3.05) is 25.2 Å². The van der Waals surface area contributed by atoms with Crippen LogP contribution in [0, 0.1) is 0 Å². The Morgan fingerprint density at radius 2 is 1.72 bits per heavy atom. The first-order valence-electron chi connectivity index (χ1n) is 9.43. The molecule has 152 valence electrons. The van der Waals surface area contributed by atoms with Gasteiger partial charge in [0, 0.05) is 16.7 Å². The molecular formula is C21H23ClN4O3. The van der Waals surface area contributed by atoms with Gasteiger partial charge < -0.3 is 14.2 Å². The molecule has 0 radical (unpaired) electrons. The fourth-order valence-corrected chi connectivity index (χ4v) is 2.99. The van der Waals surface area contributed by atoms with Crippen LogP contribution in [0.15, 0.2) is 41.8 Å². The van der Waals surface area contributed by atoms with Crippen LogP contribution in [0.5, 0.6) is 17.2 Å². The highest BCUT2D eigenvalue weighted by molar-refractivity contribution is 6.33. The summed E-state index contributed by atoms with van der Waals surface area (Å²) in [5.41, 5.74) is 4.41. The van der Waals surface area contributed by atoms with Crippen molar-refractivity contribution in [3.8, 4) is 17.2 Å². The smallest absolute Gasteiger partial charge is 0.204 e. The third kappa shape index (κ3) is 4.68. The van der Waals surface area contributed by atoms with Crippen molar-refractivity contribution >= 4 is 34.5 Å². The highest BCUT2D eigenvalue weighted by atomic mass is 35.5. The highest BCUT2D eigenvalue weighted by Crippen LogP contribution is 2.45. The molecule has 0 spiro atoms. The molecule has 0 aliphatic carbocycles. The maximum Gasteiger partial charge on any atom is 0.204 e. The standard InChI is InChI=1S/C21H23ClN4O3/c1-4-27-17-11-16-18(20(29-6-3)19(17)28-5-2)21(24-13-23-16)26-25-12-14-9-7-8-10-15(14)22/h7-13H,4-6H2,1-3H3,(H,23,24,26)/b25-12+. The first-order chi connectivity index (χ1) is 14.2. The van der Waals surface area contributed by atoms with Crippen molar-refractivity contribution < 1.29 is 14.2 Å². The summed E-state index contributed by atoms with van der Waals surface area (Å²) < 4.78 is 17.5. The maximum absolute atomic E-state index is 6.18. The van der Waals surface area contributed by atoms with Crippen LogP contribution >= 0.6 is 11.6 Å². The molecule has 8 heteroatoms. The summed E-state index contributed by atoms with van der Waals surface area (Å²) in [6.07, 6.45) is 3.09. The molecule has 29 heavy (non-hydrogen) atoms. The van der Waals surface area contributed by atoms with Crippen molar-refractivity contribution in [2.45, 2.75) is 20.8 Å². The van der Waals surface area contributed by atoms with E-state index in [1.54, 1.807) is 12.3 Å². The third-order valence-electron chi connectivity index (χ3n) is 3.96. The summed E-state index contributed by atoms with van der Waals surface area (Å²) in [7, 11) is 0. The number of rotatable bonds is 9. The van der Waals surface area contributed by atoms with Gasteiger partial charge in [-0.1, -0.05) is 29.8 Å². The van der Waals surface area contributed by atoms with Gasteiger partial charge in [0.2, 0.25) is 5.75 Å². The number of ether oxygens (including phenoxy) is 3. The minimum atomic E-state index is 0.446. The van der Waals surface area contributed by atoms with Crippen molar-refractivity contribution in [1.29, 1.82) is 0 Å². The van der Waals surface area contributed by atoms with E-state index in [9.17, 15) is 0 Å². The fraction of sp³-hybridized carbons (Fsp3) is 0.286. The van der Waals surface area contributed by atoms with Gasteiger partial charge in [-0.05, 0) is 26.8 Å². The summed E-state index contributed by atoms with van der Waals surface area (Å²) in [4.78, 5) is 8.70. The Labute approximate surface area is 174 Å². The van der Waals surface area contributed by atoms with Crippen LogP contribution in [0.3, 0.4) is 0 Å². The molecule has 0 aliphatic heterocycles. The predicted octanol–water partition coefficient (Wildman–Crippen LogP) is 4.93. The average Bonchev–Trinajstić information content (AvgIpc) is 2.72. The van der Waals surface area contributed by atoms with Crippen molar-refractivity contribution in [1.82, 2.24) is 9.97 Å². The summed E-state index contributed by atoms with van der Waals surface area (Å²) >= 11 is 6.18. The lowest BCUT2D eigenvalue weighted by Gasteiger charge is -2.18. The Morgan fingerprint density at radius 3 is 2.45 bits per heavy atom. The number of hydrogen-bond donors (Lipinski definition) is 1. The van der Waals surface area contributed by atoms with Gasteiger partial charge in [0.05, 0.1) is 36.9 Å². The number of fused-ring (bicyclic) bond motifs is 1. The number of halogens is 1. The lowest BCUT2D eigenvalue weighted by Crippen LogP contribution is -2.05. The van der Waals surface area contributed by atoms with E-state index >= 15 is 0 Å². The molecule has 0 saturated carbocycles. The molecule has 1 aromatic heterocycles. The monoisotopic (exact) mass is 414 g/mol. The lowest BCUT2D eigenvalue weighted by atomic mass is 10.1. The molecular weight excluding hydrogens is 392 g/mol. The van der Waals surface area contributed by atoms with E-state index in [0.29, 0.717) is 58.8 Å². The Morgan fingerprint density at radius 1 is 1.00 bits per heavy atom. The number of anilines is 1. The third-order valence-corrected chi connectivity index (χ3v) is 4.30. The molecule has 0 aliphatic rings. The van der Waals surface area contributed by atoms with Crippen LogP contribution in [0.4, 0.5) is 5.82 Å². The summed E-state index contributed by atoms with van der Waals surface area (Å²) in [5, 5.41) is 5.56. The molecule has 0 fully saturated rings. The summed E-state index contributed by atoms with van der Waals surface area (Å²) in [6.45, 7) is 7.13. The summed E-state index contributed by atoms with van der Waals surface area (Å²) in [5.74, 6) is 2.11. The predicted molar refractivity (Wildman–Crippen MR) is 116 cm³/mol. The van der Waals surface area contributed by atoms with Crippen molar-refractivity contribution in [3.05, 3.63) is 47.2 Å². The number of benzene rings is 2. The molecule has 7 nitrogen and oxygen atoms in total. The maximum atomic E-state index is 6.18. The van der Waals surface area contributed by atoms with Gasteiger partial charge in [0.15, 0.2) is 17.3 Å². The van der Waals surface area contributed by atoms with E-state index < -0.39 is 0 Å². The van der Waals surface area contributed by atoms with E-state index in [0.717, 1.165) is 5.56 Å². The van der Waals surface area contributed by atoms with E-state index in [1.807, 2.05) is 45.0 Å². The zero-order valence-corrected chi connectivity index (χ0v) is 17.4. The molecule has 2 aromatic carbocycles. The first-order valence-corrected chi connectivity index (χ1v) is 9.81. The quantitative estimate of drug-likeness (QED) is 0.395. The van der Waals surface area contributed by atoms with Gasteiger partial charge in [0.25, 0.3) is 0 Å². The van der Waals surface area contributed by atoms with E-state index in [1.165, 1.54) is 6.33 Å². The van der Waals surface area contributed by atoms with Crippen LogP contribution in [0.25, 0.3) is 10.9 Å². The van der Waals surface area contributed by atoms with E-state index in [2.05, 4.69) is 20.5 Å². The van der Waals surface area contributed by atoms with Gasteiger partial charge in [-0.2, -0.15) is 5.10 Å². The lowest BCUT2D eigenvalue weighted by molar-refractivity contribution is 0.263. The second kappa shape index (κ2) is 9.93. The number of nitrogens with one attached hydrogen (secondary N) is 1. The van der Waals surface area contributed by atoms with Crippen LogP contribution in [-0.4, -0.2) is 36.0 Å². The largest absolute Gasteiger partial charge is 0.490 e. The summed E-state index contributed by atoms with van der Waals surface area (Å²) in [6, 6.07) is 9.25. The SMILES string of the molecule is CCOc1cc2ncnc(N/N=C/c3ccccc3Cl)c2c(OCC)c1OCC. The first kappa shape index (κ1) is 20.7. The molecule has 3 rings (SSSR count). The molecule has 0 bridgehead atoms.